The summed E-state index contributed by atoms with van der Waals surface area (Å²) in [6, 6.07) is 15.5. The van der Waals surface area contributed by atoms with Gasteiger partial charge in [-0.2, -0.15) is 5.10 Å². The Morgan fingerprint density at radius 3 is 2.46 bits per heavy atom. The molecule has 0 aliphatic heterocycles. The van der Waals surface area contributed by atoms with Gasteiger partial charge >= 0.3 is 5.97 Å². The number of methoxy groups -OCH3 is 2. The second-order valence-electron chi connectivity index (χ2n) is 7.72. The maximum atomic E-state index is 12.9. The summed E-state index contributed by atoms with van der Waals surface area (Å²) >= 11 is 0. The van der Waals surface area contributed by atoms with E-state index in [1.165, 1.54) is 0 Å². The molecule has 9 heteroatoms. The summed E-state index contributed by atoms with van der Waals surface area (Å²) in [4.78, 5) is 29.2. The van der Waals surface area contributed by atoms with Gasteiger partial charge in [-0.1, -0.05) is 13.3 Å². The molecule has 1 amide bonds. The van der Waals surface area contributed by atoms with Gasteiger partial charge in [0.2, 0.25) is 0 Å². The third kappa shape index (κ3) is 5.24. The van der Waals surface area contributed by atoms with Crippen molar-refractivity contribution in [1.29, 1.82) is 0 Å². The van der Waals surface area contributed by atoms with Gasteiger partial charge in [-0.05, 0) is 55.0 Å². The highest BCUT2D eigenvalue weighted by molar-refractivity contribution is 6.03. The van der Waals surface area contributed by atoms with Crippen molar-refractivity contribution in [3.8, 4) is 22.8 Å². The lowest BCUT2D eigenvalue weighted by Crippen LogP contribution is -2.13. The van der Waals surface area contributed by atoms with Gasteiger partial charge in [0.15, 0.2) is 22.8 Å². The molecule has 0 aliphatic carbocycles. The van der Waals surface area contributed by atoms with Gasteiger partial charge < -0.3 is 19.5 Å². The average Bonchev–Trinajstić information content (AvgIpc) is 3.33. The first-order valence-corrected chi connectivity index (χ1v) is 11.2. The fourth-order valence-corrected chi connectivity index (χ4v) is 3.50. The van der Waals surface area contributed by atoms with Crippen LogP contribution in [-0.4, -0.2) is 47.3 Å². The summed E-state index contributed by atoms with van der Waals surface area (Å²) in [5.74, 6) is 0.414. The summed E-state index contributed by atoms with van der Waals surface area (Å²) in [5, 5.41) is 7.27. The van der Waals surface area contributed by atoms with E-state index in [9.17, 15) is 9.59 Å². The van der Waals surface area contributed by atoms with E-state index in [0.717, 1.165) is 24.1 Å². The molecule has 0 atom stereocenters. The highest BCUT2D eigenvalue weighted by Gasteiger charge is 2.16. The lowest BCUT2D eigenvalue weighted by atomic mass is 10.1. The van der Waals surface area contributed by atoms with Crippen molar-refractivity contribution in [2.24, 2.45) is 0 Å². The highest BCUT2D eigenvalue weighted by atomic mass is 16.5. The van der Waals surface area contributed by atoms with Crippen molar-refractivity contribution in [2.75, 3.05) is 26.1 Å². The van der Waals surface area contributed by atoms with E-state index in [-0.39, 0.29) is 11.7 Å². The number of esters is 1. The Morgan fingerprint density at radius 1 is 0.971 bits per heavy atom. The lowest BCUT2D eigenvalue weighted by Gasteiger charge is -2.10. The number of benzene rings is 2. The van der Waals surface area contributed by atoms with Gasteiger partial charge in [-0.15, -0.1) is 0 Å². The zero-order valence-electron chi connectivity index (χ0n) is 19.8. The molecule has 0 saturated carbocycles. The van der Waals surface area contributed by atoms with Crippen LogP contribution in [0.2, 0.25) is 0 Å². The second-order valence-corrected chi connectivity index (χ2v) is 7.72. The molecule has 35 heavy (non-hydrogen) atoms. The van der Waals surface area contributed by atoms with Crippen LogP contribution in [0.1, 0.15) is 40.6 Å². The Labute approximate surface area is 202 Å². The van der Waals surface area contributed by atoms with Gasteiger partial charge in [-0.25, -0.2) is 14.3 Å². The van der Waals surface area contributed by atoms with E-state index < -0.39 is 5.91 Å². The number of nitrogens with zero attached hydrogens (tertiary/aromatic N) is 3. The van der Waals surface area contributed by atoms with Crippen molar-refractivity contribution in [2.45, 2.75) is 19.8 Å². The van der Waals surface area contributed by atoms with Crippen LogP contribution in [0.15, 0.2) is 60.8 Å². The molecule has 0 aliphatic rings. The van der Waals surface area contributed by atoms with Crippen molar-refractivity contribution < 1.29 is 23.8 Å². The monoisotopic (exact) mass is 474 g/mol. The first kappa shape index (κ1) is 23.7. The lowest BCUT2D eigenvalue weighted by molar-refractivity contribution is 0.0499. The maximum absolute atomic E-state index is 12.9. The number of hydrogen-bond acceptors (Lipinski definition) is 7. The first-order valence-electron chi connectivity index (χ1n) is 11.2. The van der Waals surface area contributed by atoms with Crippen LogP contribution in [0.4, 0.5) is 5.69 Å². The highest BCUT2D eigenvalue weighted by Crippen LogP contribution is 2.32. The Morgan fingerprint density at radius 2 is 1.74 bits per heavy atom. The summed E-state index contributed by atoms with van der Waals surface area (Å²) in [7, 11) is 3.15. The summed E-state index contributed by atoms with van der Waals surface area (Å²) < 4.78 is 17.5. The van der Waals surface area contributed by atoms with E-state index in [2.05, 4.69) is 15.4 Å². The predicted molar refractivity (Wildman–Crippen MR) is 131 cm³/mol. The predicted octanol–water partition coefficient (Wildman–Crippen LogP) is 4.62. The molecule has 2 heterocycles. The minimum atomic E-state index is -0.396. The van der Waals surface area contributed by atoms with Crippen LogP contribution >= 0.6 is 0 Å². The third-order valence-electron chi connectivity index (χ3n) is 5.38. The molecule has 4 rings (SSSR count). The summed E-state index contributed by atoms with van der Waals surface area (Å²) in [5.41, 5.74) is 3.24. The molecule has 1 N–H and O–H groups in total. The molecule has 0 fully saturated rings. The second kappa shape index (κ2) is 10.7. The SMILES string of the molecule is CCCCOC(=O)c1ccc(NC(=O)c2cc3nccc(-c4ccc(OC)c(OC)c4)n3n2)cc1. The van der Waals surface area contributed by atoms with Crippen LogP contribution in [-0.2, 0) is 4.74 Å². The van der Waals surface area contributed by atoms with E-state index in [4.69, 9.17) is 14.2 Å². The number of nitrogens with one attached hydrogen (secondary N) is 1. The Kier molecular flexibility index (Phi) is 7.25. The van der Waals surface area contributed by atoms with Crippen molar-refractivity contribution >= 4 is 23.2 Å². The number of unbranched alkanes of at least 4 members (excludes halogenated alkanes) is 1. The molecule has 2 aromatic carbocycles. The number of rotatable bonds is 9. The molecule has 0 bridgehead atoms. The average molecular weight is 475 g/mol. The number of aromatic nitrogens is 3. The number of carbonyl (C=O) groups excluding carboxylic acids is 2. The fraction of sp³-hybridized carbons (Fsp3) is 0.231. The van der Waals surface area contributed by atoms with Crippen LogP contribution in [0, 0.1) is 0 Å². The van der Waals surface area contributed by atoms with Crippen molar-refractivity contribution in [1.82, 2.24) is 14.6 Å². The number of carbonyl (C=O) groups is 2. The number of fused-ring (bicyclic) bond motifs is 1. The minimum absolute atomic E-state index is 0.202. The number of anilines is 1. The standard InChI is InChI=1S/C26H26N4O5/c1-4-5-14-35-26(32)17-6-9-19(10-7-17)28-25(31)20-16-24-27-13-12-21(30(24)29-20)18-8-11-22(33-2)23(15-18)34-3/h6-13,15-16H,4-5,14H2,1-3H3,(H,28,31). The van der Waals surface area contributed by atoms with Gasteiger partial charge in [0, 0.05) is 23.5 Å². The van der Waals surface area contributed by atoms with Gasteiger partial charge in [0.25, 0.3) is 5.91 Å². The van der Waals surface area contributed by atoms with E-state index >= 15 is 0 Å². The Balaban J connectivity index is 1.53. The summed E-state index contributed by atoms with van der Waals surface area (Å²) in [6.45, 7) is 2.42. The Hall–Kier alpha value is -4.40. The topological polar surface area (TPSA) is 104 Å². The number of hydrogen-bond donors (Lipinski definition) is 1. The molecule has 2 aromatic heterocycles. The largest absolute Gasteiger partial charge is 0.493 e. The van der Waals surface area contributed by atoms with Gasteiger partial charge in [-0.3, -0.25) is 4.79 Å². The van der Waals surface area contributed by atoms with Gasteiger partial charge in [0.1, 0.15) is 0 Å². The van der Waals surface area contributed by atoms with E-state index in [0.29, 0.717) is 35.0 Å². The quantitative estimate of drug-likeness (QED) is 0.279. The normalized spacial score (nSPS) is 10.7. The number of ether oxygens (including phenoxy) is 3. The molecule has 0 unspecified atom stereocenters. The number of amides is 1. The molecule has 9 nitrogen and oxygen atoms in total. The first-order chi connectivity index (χ1) is 17.0. The van der Waals surface area contributed by atoms with Crippen LogP contribution in [0.25, 0.3) is 16.9 Å². The van der Waals surface area contributed by atoms with Crippen LogP contribution < -0.4 is 14.8 Å². The zero-order valence-corrected chi connectivity index (χ0v) is 19.8. The summed E-state index contributed by atoms with van der Waals surface area (Å²) in [6.07, 6.45) is 3.43. The maximum Gasteiger partial charge on any atom is 0.338 e. The van der Waals surface area contributed by atoms with Crippen molar-refractivity contribution in [3.05, 3.63) is 72.1 Å². The third-order valence-corrected chi connectivity index (χ3v) is 5.38. The van der Waals surface area contributed by atoms with Crippen LogP contribution in [0.5, 0.6) is 11.5 Å². The smallest absolute Gasteiger partial charge is 0.338 e. The fourth-order valence-electron chi connectivity index (χ4n) is 3.50. The van der Waals surface area contributed by atoms with Crippen molar-refractivity contribution in [3.63, 3.8) is 0 Å². The molecule has 0 spiro atoms. The molecule has 4 aromatic rings. The molecular formula is C26H26N4O5. The Bertz CT molecular complexity index is 1350. The van der Waals surface area contributed by atoms with Crippen LogP contribution in [0.3, 0.4) is 0 Å². The molecule has 0 radical (unpaired) electrons. The zero-order chi connectivity index (χ0) is 24.8. The minimum Gasteiger partial charge on any atom is -0.493 e. The molecule has 180 valence electrons. The molecule has 0 saturated heterocycles. The van der Waals surface area contributed by atoms with E-state index in [1.807, 2.05) is 19.1 Å². The van der Waals surface area contributed by atoms with Gasteiger partial charge in [0.05, 0.1) is 32.1 Å². The van der Waals surface area contributed by atoms with E-state index in [1.54, 1.807) is 67.4 Å². The molecular weight excluding hydrogens is 448 g/mol.